The normalized spacial score (nSPS) is 14.8. The molecular weight excluding hydrogens is 168 g/mol. The van der Waals surface area contributed by atoms with Crippen molar-refractivity contribution in [2.24, 2.45) is 0 Å². The zero-order valence-electron chi connectivity index (χ0n) is 6.52. The minimum Gasteiger partial charge on any atom is -0.480 e. The molecule has 0 aromatic heterocycles. The van der Waals surface area contributed by atoms with Gasteiger partial charge in [0.05, 0.1) is 0 Å². The minimum absolute atomic E-state index is 0.643. The van der Waals surface area contributed by atoms with E-state index >= 15 is 0 Å². The summed E-state index contributed by atoms with van der Waals surface area (Å²) >= 11 is 5.54. The first-order valence-corrected chi connectivity index (χ1v) is 7.34. The molecule has 0 spiro atoms. The summed E-state index contributed by atoms with van der Waals surface area (Å²) in [5, 5.41) is 7.75. The van der Waals surface area contributed by atoms with Crippen LogP contribution in [0.2, 0.25) is 25.7 Å². The fourth-order valence-corrected chi connectivity index (χ4v) is 3.26. The summed E-state index contributed by atoms with van der Waals surface area (Å²) in [7, 11) is -1.30. The largest absolute Gasteiger partial charge is 0.480 e. The van der Waals surface area contributed by atoms with Crippen LogP contribution in [0.5, 0.6) is 0 Å². The van der Waals surface area contributed by atoms with Gasteiger partial charge in [-0.05, 0) is 6.04 Å². The molecule has 0 saturated carbocycles. The average molecular weight is 181 g/mol. The van der Waals surface area contributed by atoms with Gasteiger partial charge in [0.2, 0.25) is 0 Å². The highest BCUT2D eigenvalue weighted by Crippen LogP contribution is 2.15. The second kappa shape index (κ2) is 3.39. The SMILES string of the molecule is C[Si](C)(C)CC(Cl)C(=O)O. The van der Waals surface area contributed by atoms with Crippen molar-refractivity contribution in [1.29, 1.82) is 0 Å². The molecule has 4 heteroatoms. The van der Waals surface area contributed by atoms with Crippen molar-refractivity contribution in [3.8, 4) is 0 Å². The van der Waals surface area contributed by atoms with Gasteiger partial charge >= 0.3 is 5.97 Å². The molecule has 0 aromatic rings. The smallest absolute Gasteiger partial charge is 0.321 e. The second-order valence-electron chi connectivity index (χ2n) is 3.57. The molecule has 10 heavy (non-hydrogen) atoms. The molecule has 1 atom stereocenters. The van der Waals surface area contributed by atoms with Crippen molar-refractivity contribution in [1.82, 2.24) is 0 Å². The number of hydrogen-bond acceptors (Lipinski definition) is 1. The number of carboxylic acids is 1. The Morgan fingerprint density at radius 2 is 2.00 bits per heavy atom. The van der Waals surface area contributed by atoms with E-state index in [0.717, 1.165) is 0 Å². The number of hydrogen-bond donors (Lipinski definition) is 1. The topological polar surface area (TPSA) is 37.3 Å². The van der Waals surface area contributed by atoms with E-state index < -0.39 is 19.4 Å². The maximum absolute atomic E-state index is 10.3. The molecule has 0 aliphatic carbocycles. The molecule has 60 valence electrons. The van der Waals surface area contributed by atoms with Gasteiger partial charge in [-0.3, -0.25) is 4.79 Å². The van der Waals surface area contributed by atoms with Gasteiger partial charge in [-0.2, -0.15) is 0 Å². The summed E-state index contributed by atoms with van der Waals surface area (Å²) in [5.41, 5.74) is 0. The summed E-state index contributed by atoms with van der Waals surface area (Å²) in [6, 6.07) is 0.643. The van der Waals surface area contributed by atoms with Gasteiger partial charge in [0.1, 0.15) is 5.38 Å². The third-order valence-corrected chi connectivity index (χ3v) is 3.29. The first-order chi connectivity index (χ1) is 4.33. The average Bonchev–Trinajstić information content (AvgIpc) is 1.60. The van der Waals surface area contributed by atoms with Crippen LogP contribution < -0.4 is 0 Å². The second-order valence-corrected chi connectivity index (χ2v) is 9.63. The van der Waals surface area contributed by atoms with Crippen LogP contribution >= 0.6 is 11.6 Å². The predicted molar refractivity (Wildman–Crippen MR) is 45.4 cm³/mol. The van der Waals surface area contributed by atoms with Crippen LogP contribution in [-0.2, 0) is 4.79 Å². The molecule has 0 amide bonds. The minimum atomic E-state index is -1.30. The lowest BCUT2D eigenvalue weighted by Crippen LogP contribution is -2.28. The van der Waals surface area contributed by atoms with Crippen LogP contribution in [-0.4, -0.2) is 24.5 Å². The molecule has 0 bridgehead atoms. The standard InChI is InChI=1S/C6H13ClO2Si/c1-10(2,3)4-5(7)6(8)9/h5H,4H2,1-3H3,(H,8,9). The van der Waals surface area contributed by atoms with Gasteiger partial charge in [-0.25, -0.2) is 0 Å². The highest BCUT2D eigenvalue weighted by molar-refractivity contribution is 6.77. The lowest BCUT2D eigenvalue weighted by Gasteiger charge is -2.16. The van der Waals surface area contributed by atoms with E-state index in [4.69, 9.17) is 16.7 Å². The summed E-state index contributed by atoms with van der Waals surface area (Å²) in [4.78, 5) is 10.3. The number of alkyl halides is 1. The van der Waals surface area contributed by atoms with E-state index in [0.29, 0.717) is 6.04 Å². The van der Waals surface area contributed by atoms with Gasteiger partial charge < -0.3 is 5.11 Å². The molecule has 0 radical (unpaired) electrons. The summed E-state index contributed by atoms with van der Waals surface area (Å²) in [6.45, 7) is 6.31. The Balaban J connectivity index is 3.80. The Labute approximate surface area is 67.2 Å². The molecule has 0 saturated heterocycles. The van der Waals surface area contributed by atoms with Crippen LogP contribution in [0.1, 0.15) is 0 Å². The molecule has 0 rings (SSSR count). The Kier molecular flexibility index (Phi) is 3.38. The van der Waals surface area contributed by atoms with Gasteiger partial charge in [0.25, 0.3) is 0 Å². The van der Waals surface area contributed by atoms with Gasteiger partial charge in [-0.15, -0.1) is 11.6 Å². The van der Waals surface area contributed by atoms with E-state index in [2.05, 4.69) is 19.6 Å². The van der Waals surface area contributed by atoms with Gasteiger partial charge in [0, 0.05) is 8.07 Å². The summed E-state index contributed by atoms with van der Waals surface area (Å²) in [5.74, 6) is -0.899. The molecular formula is C6H13ClO2Si. The number of carboxylic acid groups (broad SMARTS) is 1. The van der Waals surface area contributed by atoms with Crippen molar-refractivity contribution < 1.29 is 9.90 Å². The monoisotopic (exact) mass is 180 g/mol. The molecule has 0 aromatic carbocycles. The Bertz CT molecular complexity index is 130. The molecule has 0 fully saturated rings. The lowest BCUT2D eigenvalue weighted by atomic mass is 10.5. The zero-order chi connectivity index (χ0) is 8.36. The first kappa shape index (κ1) is 9.98. The highest BCUT2D eigenvalue weighted by Gasteiger charge is 2.23. The van der Waals surface area contributed by atoms with E-state index in [1.54, 1.807) is 0 Å². The molecule has 0 heterocycles. The van der Waals surface area contributed by atoms with Crippen molar-refractivity contribution in [3.63, 3.8) is 0 Å². The number of halogens is 1. The van der Waals surface area contributed by atoms with E-state index in [9.17, 15) is 4.79 Å². The maximum Gasteiger partial charge on any atom is 0.321 e. The van der Waals surface area contributed by atoms with Crippen molar-refractivity contribution in [2.45, 2.75) is 31.1 Å². The van der Waals surface area contributed by atoms with Crippen LogP contribution in [0.25, 0.3) is 0 Å². The Morgan fingerprint density at radius 3 is 2.10 bits per heavy atom. The van der Waals surface area contributed by atoms with Crippen molar-refractivity contribution in [3.05, 3.63) is 0 Å². The summed E-state index contributed by atoms with van der Waals surface area (Å²) < 4.78 is 0. The van der Waals surface area contributed by atoms with E-state index in [1.165, 1.54) is 0 Å². The van der Waals surface area contributed by atoms with Crippen LogP contribution in [0.3, 0.4) is 0 Å². The molecule has 0 aliphatic heterocycles. The quantitative estimate of drug-likeness (QED) is 0.533. The fourth-order valence-electron chi connectivity index (χ4n) is 0.625. The lowest BCUT2D eigenvalue weighted by molar-refractivity contribution is -0.136. The predicted octanol–water partition coefficient (Wildman–Crippen LogP) is 2.02. The number of carbonyl (C=O) groups is 1. The molecule has 2 nitrogen and oxygen atoms in total. The number of aliphatic carboxylic acids is 1. The van der Waals surface area contributed by atoms with Gasteiger partial charge in [-0.1, -0.05) is 19.6 Å². The highest BCUT2D eigenvalue weighted by atomic mass is 35.5. The molecule has 1 N–H and O–H groups in total. The third-order valence-electron chi connectivity index (χ3n) is 1.06. The van der Waals surface area contributed by atoms with E-state index in [1.807, 2.05) is 0 Å². The Morgan fingerprint density at radius 1 is 1.60 bits per heavy atom. The fraction of sp³-hybridized carbons (Fsp3) is 0.833. The first-order valence-electron chi connectivity index (χ1n) is 3.20. The number of rotatable bonds is 3. The van der Waals surface area contributed by atoms with Crippen molar-refractivity contribution >= 4 is 25.6 Å². The van der Waals surface area contributed by atoms with Gasteiger partial charge in [0.15, 0.2) is 0 Å². The zero-order valence-corrected chi connectivity index (χ0v) is 8.27. The van der Waals surface area contributed by atoms with E-state index in [-0.39, 0.29) is 0 Å². The molecule has 0 aliphatic rings. The third kappa shape index (κ3) is 4.82. The maximum atomic E-state index is 10.3. The molecule has 1 unspecified atom stereocenters. The summed E-state index contributed by atoms with van der Waals surface area (Å²) in [6.07, 6.45) is 0. The Hall–Kier alpha value is -0.0231. The van der Waals surface area contributed by atoms with Crippen LogP contribution in [0.15, 0.2) is 0 Å². The van der Waals surface area contributed by atoms with Crippen molar-refractivity contribution in [2.75, 3.05) is 0 Å². The van der Waals surface area contributed by atoms with Crippen LogP contribution in [0.4, 0.5) is 0 Å². The van der Waals surface area contributed by atoms with Crippen LogP contribution in [0, 0.1) is 0 Å².